The van der Waals surface area contributed by atoms with Crippen molar-refractivity contribution in [3.8, 4) is 22.3 Å². The smallest absolute Gasteiger partial charge is 0.135 e. The summed E-state index contributed by atoms with van der Waals surface area (Å²) in [6.07, 6.45) is 0. The molecule has 0 saturated carbocycles. The van der Waals surface area contributed by atoms with Crippen molar-refractivity contribution in [3.63, 3.8) is 0 Å². The lowest BCUT2D eigenvalue weighted by molar-refractivity contribution is 0.669. The molecule has 12 rings (SSSR count). The number of furan rings is 1. The first-order valence-corrected chi connectivity index (χ1v) is 19.0. The van der Waals surface area contributed by atoms with Crippen LogP contribution >= 0.6 is 22.7 Å². The molecule has 0 N–H and O–H groups in total. The third kappa shape index (κ3) is 3.85. The van der Waals surface area contributed by atoms with E-state index in [9.17, 15) is 0 Å². The Bertz CT molecular complexity index is 3370. The number of para-hydroxylation sites is 1. The number of rotatable bonds is 2. The van der Waals surface area contributed by atoms with E-state index in [1.54, 1.807) is 0 Å². The molecule has 12 aromatic rings. The Morgan fingerprint density at radius 1 is 0.333 bits per heavy atom. The van der Waals surface area contributed by atoms with E-state index in [4.69, 9.17) is 4.42 Å². The Kier molecular flexibility index (Phi) is 5.59. The van der Waals surface area contributed by atoms with Crippen molar-refractivity contribution >= 4 is 117 Å². The van der Waals surface area contributed by atoms with Gasteiger partial charge in [-0.25, -0.2) is 0 Å². The van der Waals surface area contributed by atoms with Crippen LogP contribution < -0.4 is 0 Å². The number of benzene rings is 9. The minimum atomic E-state index is 0.919. The Balaban J connectivity index is 1.15. The summed E-state index contributed by atoms with van der Waals surface area (Å²) in [5, 5.41) is 15.4. The number of hydrogen-bond donors (Lipinski definition) is 0. The molecule has 9 aromatic carbocycles. The molecule has 3 aromatic heterocycles. The van der Waals surface area contributed by atoms with Gasteiger partial charge in [0.25, 0.3) is 0 Å². The predicted molar refractivity (Wildman–Crippen MR) is 223 cm³/mol. The fourth-order valence-electron chi connectivity index (χ4n) is 8.65. The van der Waals surface area contributed by atoms with Crippen molar-refractivity contribution in [1.29, 1.82) is 0 Å². The number of hydrogen-bond acceptors (Lipinski definition) is 3. The summed E-state index contributed by atoms with van der Waals surface area (Å²) in [5.74, 6) is 0. The van der Waals surface area contributed by atoms with Crippen LogP contribution in [0.3, 0.4) is 0 Å². The minimum absolute atomic E-state index is 0.919. The second-order valence-corrected chi connectivity index (χ2v) is 15.7. The highest BCUT2D eigenvalue weighted by atomic mass is 32.1. The lowest BCUT2D eigenvalue weighted by Crippen LogP contribution is -1.90. The molecular weight excluding hydrogens is 657 g/mol. The zero-order chi connectivity index (χ0) is 33.2. The van der Waals surface area contributed by atoms with Crippen LogP contribution in [0.4, 0.5) is 0 Å². The zero-order valence-corrected chi connectivity index (χ0v) is 28.9. The van der Waals surface area contributed by atoms with E-state index in [0.29, 0.717) is 0 Å². The third-order valence-electron chi connectivity index (χ3n) is 10.8. The van der Waals surface area contributed by atoms with Gasteiger partial charge in [-0.05, 0) is 97.0 Å². The van der Waals surface area contributed by atoms with E-state index in [1.807, 2.05) is 28.7 Å². The van der Waals surface area contributed by atoms with Gasteiger partial charge in [0.1, 0.15) is 11.2 Å². The minimum Gasteiger partial charge on any atom is -0.456 e. The Morgan fingerprint density at radius 3 is 1.59 bits per heavy atom. The van der Waals surface area contributed by atoms with Gasteiger partial charge in [0.15, 0.2) is 0 Å². The van der Waals surface area contributed by atoms with Crippen LogP contribution in [-0.2, 0) is 0 Å². The third-order valence-corrected chi connectivity index (χ3v) is 13.2. The van der Waals surface area contributed by atoms with E-state index < -0.39 is 0 Å². The highest BCUT2D eigenvalue weighted by molar-refractivity contribution is 7.28. The molecule has 0 aliphatic carbocycles. The maximum absolute atomic E-state index is 6.22. The largest absolute Gasteiger partial charge is 0.456 e. The molecule has 0 radical (unpaired) electrons. The molecule has 0 bridgehead atoms. The van der Waals surface area contributed by atoms with E-state index in [0.717, 1.165) is 21.9 Å². The standard InChI is InChI=1S/C48H26OS2/c1-2-10-30-27(9-1)17-20-36-46-43(51-48(30)36)24-23-42-47(46)38-26-29(19-22-41(38)50-42)45-34-14-5-3-12-32(34)44(33-13-4-6-15-35(33)45)28-18-21-40-37(25-28)31-11-7-8-16-39(31)49-40/h1-26H. The van der Waals surface area contributed by atoms with Gasteiger partial charge in [-0.15, -0.1) is 22.7 Å². The van der Waals surface area contributed by atoms with Gasteiger partial charge in [-0.3, -0.25) is 0 Å². The number of thiophene rings is 2. The van der Waals surface area contributed by atoms with Crippen LogP contribution in [0.2, 0.25) is 0 Å². The first-order chi connectivity index (χ1) is 25.3. The van der Waals surface area contributed by atoms with Crippen LogP contribution in [0.5, 0.6) is 0 Å². The quantitative estimate of drug-likeness (QED) is 0.165. The van der Waals surface area contributed by atoms with Crippen molar-refractivity contribution in [2.75, 3.05) is 0 Å². The van der Waals surface area contributed by atoms with Gasteiger partial charge in [-0.2, -0.15) is 0 Å². The summed E-state index contributed by atoms with van der Waals surface area (Å²) >= 11 is 3.82. The SMILES string of the molecule is c1ccc2c(c1)ccc1c2sc2ccc3sc4ccc(-c5c6ccccc6c(-c6ccc7oc8ccccc8c7c6)c6ccccc56)cc4c3c21. The van der Waals surface area contributed by atoms with E-state index in [2.05, 4.69) is 152 Å². The summed E-state index contributed by atoms with van der Waals surface area (Å²) in [6, 6.07) is 58.1. The molecule has 0 spiro atoms. The normalized spacial score (nSPS) is 12.3. The van der Waals surface area contributed by atoms with Crippen molar-refractivity contribution < 1.29 is 4.42 Å². The molecule has 1 nitrogen and oxygen atoms in total. The molecule has 0 atom stereocenters. The molecule has 0 aliphatic heterocycles. The van der Waals surface area contributed by atoms with Gasteiger partial charge in [-0.1, -0.05) is 115 Å². The Hall–Kier alpha value is -6.00. The van der Waals surface area contributed by atoms with Crippen LogP contribution in [0.15, 0.2) is 162 Å². The van der Waals surface area contributed by atoms with Gasteiger partial charge in [0, 0.05) is 51.1 Å². The fourth-order valence-corrected chi connectivity index (χ4v) is 11.0. The van der Waals surface area contributed by atoms with Crippen LogP contribution in [0, 0.1) is 0 Å². The average molecular weight is 683 g/mol. The highest BCUT2D eigenvalue weighted by Gasteiger charge is 2.20. The second-order valence-electron chi connectivity index (χ2n) is 13.5. The molecule has 0 amide bonds. The second kappa shape index (κ2) is 10.3. The average Bonchev–Trinajstić information content (AvgIpc) is 3.87. The van der Waals surface area contributed by atoms with E-state index in [1.165, 1.54) is 94.9 Å². The topological polar surface area (TPSA) is 13.1 Å². The molecule has 236 valence electrons. The van der Waals surface area contributed by atoms with Crippen LogP contribution in [0.1, 0.15) is 0 Å². The predicted octanol–water partition coefficient (Wildman–Crippen LogP) is 15.1. The maximum atomic E-state index is 6.22. The van der Waals surface area contributed by atoms with Crippen molar-refractivity contribution in [2.24, 2.45) is 0 Å². The molecule has 0 aliphatic rings. The van der Waals surface area contributed by atoms with Gasteiger partial charge in [0.2, 0.25) is 0 Å². The first kappa shape index (κ1) is 27.8. The van der Waals surface area contributed by atoms with Crippen molar-refractivity contribution in [2.45, 2.75) is 0 Å². The molecule has 0 unspecified atom stereocenters. The zero-order valence-electron chi connectivity index (χ0n) is 27.2. The molecule has 0 fully saturated rings. The molecule has 51 heavy (non-hydrogen) atoms. The maximum Gasteiger partial charge on any atom is 0.135 e. The van der Waals surface area contributed by atoms with Gasteiger partial charge in [0.05, 0.1) is 0 Å². The molecule has 3 heteroatoms. The Labute approximate surface area is 300 Å². The number of fused-ring (bicyclic) bond motifs is 14. The van der Waals surface area contributed by atoms with Gasteiger partial charge >= 0.3 is 0 Å². The summed E-state index contributed by atoms with van der Waals surface area (Å²) in [7, 11) is 0. The summed E-state index contributed by atoms with van der Waals surface area (Å²) in [5.41, 5.74) is 6.84. The Morgan fingerprint density at radius 2 is 0.863 bits per heavy atom. The highest BCUT2D eigenvalue weighted by Crippen LogP contribution is 2.49. The van der Waals surface area contributed by atoms with Crippen LogP contribution in [0.25, 0.3) is 117 Å². The van der Waals surface area contributed by atoms with Crippen molar-refractivity contribution in [1.82, 2.24) is 0 Å². The van der Waals surface area contributed by atoms with E-state index >= 15 is 0 Å². The lowest BCUT2D eigenvalue weighted by atomic mass is 9.85. The van der Waals surface area contributed by atoms with Crippen LogP contribution in [-0.4, -0.2) is 0 Å². The lowest BCUT2D eigenvalue weighted by Gasteiger charge is -2.18. The summed E-state index contributed by atoms with van der Waals surface area (Å²) < 4.78 is 11.6. The van der Waals surface area contributed by atoms with E-state index in [-0.39, 0.29) is 0 Å². The van der Waals surface area contributed by atoms with Crippen molar-refractivity contribution in [3.05, 3.63) is 158 Å². The fraction of sp³-hybridized carbons (Fsp3) is 0. The molecule has 0 saturated heterocycles. The molecule has 3 heterocycles. The van der Waals surface area contributed by atoms with Gasteiger partial charge < -0.3 is 4.42 Å². The summed E-state index contributed by atoms with van der Waals surface area (Å²) in [4.78, 5) is 0. The monoisotopic (exact) mass is 682 g/mol. The first-order valence-electron chi connectivity index (χ1n) is 17.3. The molecular formula is C48H26OS2. The summed E-state index contributed by atoms with van der Waals surface area (Å²) in [6.45, 7) is 0.